The molecule has 1 aromatic heterocycles. The van der Waals surface area contributed by atoms with Gasteiger partial charge in [-0.1, -0.05) is 17.4 Å². The fourth-order valence-electron chi connectivity index (χ4n) is 1.77. The summed E-state index contributed by atoms with van der Waals surface area (Å²) in [5, 5.41) is 9.25. The molecule has 2 rings (SSSR count). The van der Waals surface area contributed by atoms with Crippen molar-refractivity contribution >= 4 is 17.1 Å². The van der Waals surface area contributed by atoms with Crippen molar-refractivity contribution in [1.82, 2.24) is 0 Å². The summed E-state index contributed by atoms with van der Waals surface area (Å²) in [6, 6.07) is 0. The van der Waals surface area contributed by atoms with Crippen LogP contribution in [0.1, 0.15) is 23.4 Å². The predicted molar refractivity (Wildman–Crippen MR) is 67.0 cm³/mol. The molecule has 0 aliphatic heterocycles. The standard InChI is InChI=1S/C13H15NO2S/c1-9-10(2)17-8-14(9)7-13(16)11-3-5-12(15)6-4-11/h3,6,8H,4-5,7H2,1-2H3/p+1. The smallest absolute Gasteiger partial charge is 0.225 e. The van der Waals surface area contributed by atoms with Gasteiger partial charge in [0.25, 0.3) is 0 Å². The van der Waals surface area contributed by atoms with Crippen LogP contribution in [0.5, 0.6) is 0 Å². The minimum absolute atomic E-state index is 0.139. The fourth-order valence-corrected chi connectivity index (χ4v) is 2.58. The third-order valence-corrected chi connectivity index (χ3v) is 4.09. The van der Waals surface area contributed by atoms with Crippen LogP contribution in [0.2, 0.25) is 0 Å². The fraction of sp³-hybridized carbons (Fsp3) is 0.385. The van der Waals surface area contributed by atoms with E-state index >= 15 is 0 Å². The lowest BCUT2D eigenvalue weighted by Crippen LogP contribution is -2.39. The van der Waals surface area contributed by atoms with Crippen LogP contribution in [0.3, 0.4) is 0 Å². The van der Waals surface area contributed by atoms with Crippen LogP contribution < -0.4 is 4.57 Å². The average Bonchev–Trinajstić information content (AvgIpc) is 2.62. The van der Waals surface area contributed by atoms with Gasteiger partial charge in [-0.05, 0) is 19.4 Å². The summed E-state index contributed by atoms with van der Waals surface area (Å²) in [5.74, 6) is 0.497. The predicted octanol–water partition coefficient (Wildman–Crippen LogP) is 2.38. The number of carbonyl (C=O) groups excluding carboxylic acids is 1. The largest absolute Gasteiger partial charge is 0.512 e. The SMILES string of the molecule is Cc1sc[n+](CC(=O)C2=CCC(O)=CC2)c1C. The van der Waals surface area contributed by atoms with Gasteiger partial charge < -0.3 is 5.11 Å². The lowest BCUT2D eigenvalue weighted by molar-refractivity contribution is -0.685. The molecule has 0 saturated carbocycles. The zero-order valence-electron chi connectivity index (χ0n) is 10.1. The first kappa shape index (κ1) is 12.0. The zero-order chi connectivity index (χ0) is 12.4. The Balaban J connectivity index is 2.06. The van der Waals surface area contributed by atoms with Gasteiger partial charge in [-0.2, -0.15) is 4.57 Å². The highest BCUT2D eigenvalue weighted by molar-refractivity contribution is 7.09. The number of hydrogen-bond acceptors (Lipinski definition) is 3. The van der Waals surface area contributed by atoms with Crippen molar-refractivity contribution in [3.05, 3.63) is 39.6 Å². The average molecular weight is 250 g/mol. The van der Waals surface area contributed by atoms with Gasteiger partial charge in [-0.25, -0.2) is 0 Å². The van der Waals surface area contributed by atoms with Gasteiger partial charge in [0.2, 0.25) is 17.8 Å². The molecule has 90 valence electrons. The van der Waals surface area contributed by atoms with Crippen LogP contribution in [0, 0.1) is 13.8 Å². The van der Waals surface area contributed by atoms with Crippen LogP contribution in [-0.2, 0) is 11.3 Å². The molecule has 1 N–H and O–H groups in total. The van der Waals surface area contributed by atoms with Crippen molar-refractivity contribution in [2.45, 2.75) is 33.2 Å². The zero-order valence-corrected chi connectivity index (χ0v) is 10.9. The van der Waals surface area contributed by atoms with Crippen LogP contribution >= 0.6 is 11.3 Å². The van der Waals surface area contributed by atoms with Crippen molar-refractivity contribution in [2.75, 3.05) is 0 Å². The first-order valence-corrected chi connectivity index (χ1v) is 6.50. The number of nitrogens with zero attached hydrogens (tertiary/aromatic N) is 1. The Morgan fingerprint density at radius 2 is 2.18 bits per heavy atom. The summed E-state index contributed by atoms with van der Waals surface area (Å²) in [4.78, 5) is 13.3. The van der Waals surface area contributed by atoms with Gasteiger partial charge in [0.15, 0.2) is 5.69 Å². The molecule has 0 fully saturated rings. The molecule has 0 bridgehead atoms. The van der Waals surface area contributed by atoms with E-state index in [1.54, 1.807) is 17.4 Å². The van der Waals surface area contributed by atoms with E-state index in [4.69, 9.17) is 0 Å². The first-order chi connectivity index (χ1) is 8.08. The summed E-state index contributed by atoms with van der Waals surface area (Å²) in [6.45, 7) is 4.48. The molecule has 0 radical (unpaired) electrons. The van der Waals surface area contributed by atoms with E-state index < -0.39 is 0 Å². The molecule has 0 unspecified atom stereocenters. The van der Waals surface area contributed by atoms with Crippen molar-refractivity contribution in [1.29, 1.82) is 0 Å². The number of rotatable bonds is 3. The number of aryl methyl sites for hydroxylation is 1. The topological polar surface area (TPSA) is 41.2 Å². The van der Waals surface area contributed by atoms with Crippen LogP contribution in [0.15, 0.2) is 29.0 Å². The molecule has 0 saturated heterocycles. The third kappa shape index (κ3) is 2.64. The Morgan fingerprint density at radius 3 is 2.71 bits per heavy atom. The second-order valence-electron chi connectivity index (χ2n) is 4.25. The summed E-state index contributed by atoms with van der Waals surface area (Å²) < 4.78 is 1.99. The number of carbonyl (C=O) groups is 1. The maximum atomic E-state index is 12.0. The van der Waals surface area contributed by atoms with E-state index in [-0.39, 0.29) is 5.78 Å². The number of aromatic nitrogens is 1. The number of hydrogen-bond donors (Lipinski definition) is 1. The highest BCUT2D eigenvalue weighted by atomic mass is 32.1. The number of thiazole rings is 1. The second-order valence-corrected chi connectivity index (χ2v) is 5.31. The van der Waals surface area contributed by atoms with Crippen molar-refractivity contribution < 1.29 is 14.5 Å². The minimum atomic E-state index is 0.139. The Hall–Kier alpha value is -1.42. The van der Waals surface area contributed by atoms with E-state index in [1.807, 2.05) is 23.1 Å². The van der Waals surface area contributed by atoms with E-state index in [2.05, 4.69) is 6.92 Å². The van der Waals surface area contributed by atoms with Gasteiger partial charge in [0.05, 0.1) is 10.6 Å². The molecule has 1 aromatic rings. The second kappa shape index (κ2) is 4.84. The first-order valence-electron chi connectivity index (χ1n) is 5.62. The number of aliphatic hydroxyl groups is 1. The molecule has 17 heavy (non-hydrogen) atoms. The molecular weight excluding hydrogens is 234 g/mol. The number of Topliss-reactive ketones (excluding diaryl/α,β-unsaturated/α-hetero) is 1. The highest BCUT2D eigenvalue weighted by Crippen LogP contribution is 2.16. The maximum absolute atomic E-state index is 12.0. The Kier molecular flexibility index (Phi) is 3.43. The lowest BCUT2D eigenvalue weighted by atomic mass is 10.0. The van der Waals surface area contributed by atoms with Crippen LogP contribution in [-0.4, -0.2) is 10.9 Å². The maximum Gasteiger partial charge on any atom is 0.225 e. The van der Waals surface area contributed by atoms with E-state index in [9.17, 15) is 9.90 Å². The van der Waals surface area contributed by atoms with Gasteiger partial charge in [0, 0.05) is 18.9 Å². The number of allylic oxidation sites excluding steroid dienone is 3. The van der Waals surface area contributed by atoms with Gasteiger partial charge in [-0.3, -0.25) is 4.79 Å². The summed E-state index contributed by atoms with van der Waals surface area (Å²) in [6.07, 6.45) is 4.57. The van der Waals surface area contributed by atoms with Crippen LogP contribution in [0.25, 0.3) is 0 Å². The molecule has 1 aliphatic carbocycles. The molecular formula is C13H16NO2S+. The van der Waals surface area contributed by atoms with Gasteiger partial charge in [0.1, 0.15) is 0 Å². The monoisotopic (exact) mass is 250 g/mol. The normalized spacial score (nSPS) is 15.4. The Labute approximate surface area is 105 Å². The minimum Gasteiger partial charge on any atom is -0.512 e. The van der Waals surface area contributed by atoms with Gasteiger partial charge in [-0.15, -0.1) is 0 Å². The quantitative estimate of drug-likeness (QED) is 0.837. The van der Waals surface area contributed by atoms with E-state index in [1.165, 1.54) is 4.88 Å². The summed E-state index contributed by atoms with van der Waals surface area (Å²) in [5.41, 5.74) is 3.94. The van der Waals surface area contributed by atoms with Gasteiger partial charge >= 0.3 is 0 Å². The summed E-state index contributed by atoms with van der Waals surface area (Å²) in [7, 11) is 0. The molecule has 4 heteroatoms. The third-order valence-electron chi connectivity index (χ3n) is 3.08. The Bertz CT molecular complexity index is 511. The van der Waals surface area contributed by atoms with Crippen molar-refractivity contribution in [3.8, 4) is 0 Å². The highest BCUT2D eigenvalue weighted by Gasteiger charge is 2.20. The Morgan fingerprint density at radius 1 is 1.41 bits per heavy atom. The number of ketones is 1. The molecule has 0 amide bonds. The van der Waals surface area contributed by atoms with Crippen molar-refractivity contribution in [2.24, 2.45) is 0 Å². The molecule has 1 heterocycles. The van der Waals surface area contributed by atoms with Crippen molar-refractivity contribution in [3.63, 3.8) is 0 Å². The number of aliphatic hydroxyl groups excluding tert-OH is 1. The van der Waals surface area contributed by atoms with Crippen LogP contribution in [0.4, 0.5) is 0 Å². The molecule has 0 spiro atoms. The molecule has 3 nitrogen and oxygen atoms in total. The summed E-state index contributed by atoms with van der Waals surface area (Å²) >= 11 is 1.66. The lowest BCUT2D eigenvalue weighted by Gasteiger charge is -2.07. The van der Waals surface area contributed by atoms with E-state index in [0.717, 1.165) is 11.3 Å². The molecule has 0 aromatic carbocycles. The van der Waals surface area contributed by atoms with E-state index in [0.29, 0.717) is 25.1 Å². The molecule has 0 atom stereocenters. The molecule has 1 aliphatic rings.